The van der Waals surface area contributed by atoms with Crippen molar-refractivity contribution in [2.75, 3.05) is 20.3 Å². The van der Waals surface area contributed by atoms with Crippen molar-refractivity contribution in [3.63, 3.8) is 0 Å². The second-order valence-electron chi connectivity index (χ2n) is 4.59. The van der Waals surface area contributed by atoms with Gasteiger partial charge >= 0.3 is 0 Å². The number of carbonyl (C=O) groups is 1. The number of carbonyl (C=O) groups excluding carboxylic acids is 1. The van der Waals surface area contributed by atoms with Gasteiger partial charge in [-0.3, -0.25) is 4.79 Å². The minimum absolute atomic E-state index is 0.0163. The monoisotopic (exact) mass is 198 g/mol. The summed E-state index contributed by atoms with van der Waals surface area (Å²) in [4.78, 5) is 11.8. The third-order valence-electron chi connectivity index (χ3n) is 3.21. The fourth-order valence-corrected chi connectivity index (χ4v) is 1.80. The van der Waals surface area contributed by atoms with E-state index in [9.17, 15) is 4.79 Å². The number of hydrogen-bond acceptors (Lipinski definition) is 3. The molecule has 0 aromatic carbocycles. The Hall–Kier alpha value is -0.610. The molecular formula is C10H18N2O2. The fraction of sp³-hybridized carbons (Fsp3) is 0.900. The van der Waals surface area contributed by atoms with Crippen LogP contribution in [0.15, 0.2) is 0 Å². The molecule has 1 aliphatic heterocycles. The molecule has 2 aliphatic rings. The van der Waals surface area contributed by atoms with E-state index in [1.807, 2.05) is 7.05 Å². The second kappa shape index (κ2) is 3.51. The van der Waals surface area contributed by atoms with E-state index in [1.165, 1.54) is 0 Å². The number of rotatable bonds is 3. The number of amides is 1. The third-order valence-corrected chi connectivity index (χ3v) is 3.21. The summed E-state index contributed by atoms with van der Waals surface area (Å²) in [6, 6.07) is 0.178. The molecule has 4 heteroatoms. The Morgan fingerprint density at radius 2 is 2.14 bits per heavy atom. The molecule has 1 heterocycles. The summed E-state index contributed by atoms with van der Waals surface area (Å²) in [5.74, 6) is 0.124. The lowest BCUT2D eigenvalue weighted by Crippen LogP contribution is -2.46. The van der Waals surface area contributed by atoms with Gasteiger partial charge in [0.05, 0.1) is 19.1 Å². The molecule has 80 valence electrons. The highest BCUT2D eigenvalue weighted by atomic mass is 16.5. The molecule has 1 aliphatic carbocycles. The summed E-state index contributed by atoms with van der Waals surface area (Å²) in [5.41, 5.74) is 0.0813. The minimum atomic E-state index is -0.0163. The van der Waals surface area contributed by atoms with Crippen molar-refractivity contribution in [1.29, 1.82) is 0 Å². The number of likely N-dealkylation sites (N-methyl/N-ethyl adjacent to an activating group) is 1. The SMILES string of the molecule is CNC1COCC1C(=O)NC1(C)CC1. The second-order valence-corrected chi connectivity index (χ2v) is 4.59. The van der Waals surface area contributed by atoms with Gasteiger partial charge in [-0.15, -0.1) is 0 Å². The van der Waals surface area contributed by atoms with Gasteiger partial charge in [-0.1, -0.05) is 0 Å². The van der Waals surface area contributed by atoms with Gasteiger partial charge in [0.15, 0.2) is 0 Å². The van der Waals surface area contributed by atoms with Crippen molar-refractivity contribution in [3.05, 3.63) is 0 Å². The maximum atomic E-state index is 11.8. The normalized spacial score (nSPS) is 34.1. The van der Waals surface area contributed by atoms with Crippen molar-refractivity contribution in [3.8, 4) is 0 Å². The summed E-state index contributed by atoms with van der Waals surface area (Å²) in [5, 5.41) is 6.19. The van der Waals surface area contributed by atoms with Gasteiger partial charge in [-0.2, -0.15) is 0 Å². The molecule has 4 nitrogen and oxygen atoms in total. The van der Waals surface area contributed by atoms with Gasteiger partial charge in [0.2, 0.25) is 5.91 Å². The molecule has 1 saturated heterocycles. The average molecular weight is 198 g/mol. The predicted octanol–water partition coefficient (Wildman–Crippen LogP) is -0.111. The van der Waals surface area contributed by atoms with Gasteiger partial charge < -0.3 is 15.4 Å². The maximum Gasteiger partial charge on any atom is 0.227 e. The highest BCUT2D eigenvalue weighted by molar-refractivity contribution is 5.81. The van der Waals surface area contributed by atoms with Crippen LogP contribution in [0.5, 0.6) is 0 Å². The highest BCUT2D eigenvalue weighted by Gasteiger charge is 2.42. The van der Waals surface area contributed by atoms with Crippen molar-refractivity contribution in [1.82, 2.24) is 10.6 Å². The fourth-order valence-electron chi connectivity index (χ4n) is 1.80. The molecule has 1 amide bonds. The zero-order chi connectivity index (χ0) is 10.2. The first-order chi connectivity index (χ1) is 6.64. The van der Waals surface area contributed by atoms with Gasteiger partial charge in [0.25, 0.3) is 0 Å². The lowest BCUT2D eigenvalue weighted by molar-refractivity contribution is -0.126. The van der Waals surface area contributed by atoms with Crippen LogP contribution in [0.4, 0.5) is 0 Å². The standard InChI is InChI=1S/C10H18N2O2/c1-10(3-4-10)12-9(13)7-5-14-6-8(7)11-2/h7-8,11H,3-6H2,1-2H3,(H,12,13). The molecule has 0 spiro atoms. The van der Waals surface area contributed by atoms with Crippen LogP contribution in [-0.4, -0.2) is 37.7 Å². The van der Waals surface area contributed by atoms with Crippen LogP contribution in [-0.2, 0) is 9.53 Å². The molecule has 2 unspecified atom stereocenters. The van der Waals surface area contributed by atoms with Crippen LogP contribution < -0.4 is 10.6 Å². The van der Waals surface area contributed by atoms with Crippen LogP contribution in [0.1, 0.15) is 19.8 Å². The Morgan fingerprint density at radius 3 is 2.71 bits per heavy atom. The van der Waals surface area contributed by atoms with E-state index >= 15 is 0 Å². The third kappa shape index (κ3) is 1.91. The summed E-state index contributed by atoms with van der Waals surface area (Å²) in [7, 11) is 1.87. The van der Waals surface area contributed by atoms with E-state index < -0.39 is 0 Å². The van der Waals surface area contributed by atoms with Crippen LogP contribution in [0.3, 0.4) is 0 Å². The van der Waals surface area contributed by atoms with E-state index in [0.717, 1.165) is 12.8 Å². The number of ether oxygens (including phenoxy) is 1. The summed E-state index contributed by atoms with van der Waals surface area (Å²) < 4.78 is 5.29. The molecule has 2 N–H and O–H groups in total. The molecule has 2 rings (SSSR count). The number of nitrogens with one attached hydrogen (secondary N) is 2. The Bertz CT molecular complexity index is 238. The van der Waals surface area contributed by atoms with Crippen LogP contribution in [0.2, 0.25) is 0 Å². The zero-order valence-electron chi connectivity index (χ0n) is 8.80. The van der Waals surface area contributed by atoms with Gasteiger partial charge in [0, 0.05) is 11.6 Å². The summed E-state index contributed by atoms with van der Waals surface area (Å²) in [6.07, 6.45) is 2.22. The zero-order valence-corrected chi connectivity index (χ0v) is 8.80. The average Bonchev–Trinajstić information content (AvgIpc) is 2.71. The van der Waals surface area contributed by atoms with Crippen molar-refractivity contribution >= 4 is 5.91 Å². The Balaban J connectivity index is 1.90. The molecular weight excluding hydrogens is 180 g/mol. The van der Waals surface area contributed by atoms with Gasteiger partial charge in [-0.05, 0) is 26.8 Å². The minimum Gasteiger partial charge on any atom is -0.379 e. The first-order valence-electron chi connectivity index (χ1n) is 5.22. The van der Waals surface area contributed by atoms with Crippen molar-refractivity contribution in [2.24, 2.45) is 5.92 Å². The first kappa shape index (κ1) is 9.93. The van der Waals surface area contributed by atoms with E-state index in [-0.39, 0.29) is 23.4 Å². The van der Waals surface area contributed by atoms with E-state index in [4.69, 9.17) is 4.74 Å². The Morgan fingerprint density at radius 1 is 1.43 bits per heavy atom. The van der Waals surface area contributed by atoms with E-state index in [0.29, 0.717) is 13.2 Å². The quantitative estimate of drug-likeness (QED) is 0.665. The maximum absolute atomic E-state index is 11.8. The van der Waals surface area contributed by atoms with Crippen molar-refractivity contribution < 1.29 is 9.53 Å². The molecule has 0 aromatic heterocycles. The summed E-state index contributed by atoms with van der Waals surface area (Å²) >= 11 is 0. The lowest BCUT2D eigenvalue weighted by atomic mass is 10.0. The molecule has 0 bridgehead atoms. The van der Waals surface area contributed by atoms with E-state index in [1.54, 1.807) is 0 Å². The molecule has 0 aromatic rings. The predicted molar refractivity (Wildman–Crippen MR) is 52.9 cm³/mol. The topological polar surface area (TPSA) is 50.4 Å². The van der Waals surface area contributed by atoms with Crippen molar-refractivity contribution in [2.45, 2.75) is 31.3 Å². The van der Waals surface area contributed by atoms with E-state index in [2.05, 4.69) is 17.6 Å². The summed E-state index contributed by atoms with van der Waals surface area (Å²) in [6.45, 7) is 3.29. The molecule has 0 radical (unpaired) electrons. The molecule has 1 saturated carbocycles. The lowest BCUT2D eigenvalue weighted by Gasteiger charge is -2.19. The first-order valence-corrected chi connectivity index (χ1v) is 5.22. The highest BCUT2D eigenvalue weighted by Crippen LogP contribution is 2.34. The van der Waals surface area contributed by atoms with Gasteiger partial charge in [0.1, 0.15) is 0 Å². The van der Waals surface area contributed by atoms with Crippen LogP contribution in [0, 0.1) is 5.92 Å². The molecule has 2 atom stereocenters. The van der Waals surface area contributed by atoms with Gasteiger partial charge in [-0.25, -0.2) is 0 Å². The molecule has 2 fully saturated rings. The number of hydrogen-bond donors (Lipinski definition) is 2. The largest absolute Gasteiger partial charge is 0.379 e. The van der Waals surface area contributed by atoms with Crippen LogP contribution in [0.25, 0.3) is 0 Å². The molecule has 14 heavy (non-hydrogen) atoms. The smallest absolute Gasteiger partial charge is 0.227 e. The Kier molecular flexibility index (Phi) is 2.49. The van der Waals surface area contributed by atoms with Crippen LogP contribution >= 0.6 is 0 Å². The Labute approximate surface area is 84.4 Å².